The number of amides is 2. The first-order valence-corrected chi connectivity index (χ1v) is 4.21. The molecule has 0 bridgehead atoms. The Bertz CT molecular complexity index is 341. The second-order valence-corrected chi connectivity index (χ2v) is 2.51. The molecule has 1 rings (SSSR count). The quantitative estimate of drug-likeness (QED) is 0.528. The topological polar surface area (TPSA) is 104 Å². The second-order valence-electron chi connectivity index (χ2n) is 2.51. The number of hydrogen-bond donors (Lipinski definition) is 3. The predicted octanol–water partition coefficient (Wildman–Crippen LogP) is -1.48. The summed E-state index contributed by atoms with van der Waals surface area (Å²) in [6.07, 6.45) is 2.88. The predicted molar refractivity (Wildman–Crippen MR) is 50.8 cm³/mol. The van der Waals surface area contributed by atoms with E-state index in [4.69, 9.17) is 5.11 Å². The van der Waals surface area contributed by atoms with Crippen LogP contribution in [0.3, 0.4) is 0 Å². The molecule has 2 amide bonds. The van der Waals surface area contributed by atoms with E-state index < -0.39 is 11.8 Å². The van der Waals surface area contributed by atoms with Gasteiger partial charge in [-0.3, -0.25) is 14.9 Å². The van der Waals surface area contributed by atoms with E-state index in [1.807, 2.05) is 0 Å². The van der Waals surface area contributed by atoms with Crippen molar-refractivity contribution in [1.29, 1.82) is 0 Å². The molecule has 0 aliphatic carbocycles. The molecule has 0 radical (unpaired) electrons. The molecular formula is C8H10N4O3. The molecule has 0 aliphatic rings. The number of aliphatic hydroxyl groups is 1. The van der Waals surface area contributed by atoms with Gasteiger partial charge >= 0.3 is 11.8 Å². The van der Waals surface area contributed by atoms with Gasteiger partial charge in [0.15, 0.2) is 0 Å². The zero-order valence-corrected chi connectivity index (χ0v) is 7.80. The molecule has 7 nitrogen and oxygen atoms in total. The highest BCUT2D eigenvalue weighted by molar-refractivity contribution is 6.39. The van der Waals surface area contributed by atoms with Crippen LogP contribution in [0.15, 0.2) is 18.5 Å². The van der Waals surface area contributed by atoms with Crippen molar-refractivity contribution >= 4 is 17.8 Å². The Balaban J connectivity index is 2.45. The number of carbonyl (C=O) groups is 2. The van der Waals surface area contributed by atoms with Crippen molar-refractivity contribution in [3.8, 4) is 0 Å². The number of nitrogens with one attached hydrogen (secondary N) is 2. The van der Waals surface area contributed by atoms with Gasteiger partial charge in [-0.05, 0) is 6.07 Å². The van der Waals surface area contributed by atoms with Gasteiger partial charge in [-0.15, -0.1) is 0 Å². The van der Waals surface area contributed by atoms with Crippen LogP contribution in [-0.4, -0.2) is 40.0 Å². The Hall–Kier alpha value is -2.02. The van der Waals surface area contributed by atoms with Gasteiger partial charge in [0.1, 0.15) is 0 Å². The molecule has 0 saturated heterocycles. The number of nitrogens with zero attached hydrogens (tertiary/aromatic N) is 2. The summed E-state index contributed by atoms with van der Waals surface area (Å²) >= 11 is 0. The lowest BCUT2D eigenvalue weighted by atomic mass is 10.5. The molecule has 3 N–H and O–H groups in total. The SMILES string of the molecule is O=C(NCCO)C(=O)Nc1ncccn1. The molecule has 7 heteroatoms. The van der Waals surface area contributed by atoms with Gasteiger partial charge in [0.05, 0.1) is 6.61 Å². The fourth-order valence-electron chi connectivity index (χ4n) is 0.772. The van der Waals surface area contributed by atoms with Crippen LogP contribution in [0, 0.1) is 0 Å². The largest absolute Gasteiger partial charge is 0.395 e. The van der Waals surface area contributed by atoms with E-state index in [1.54, 1.807) is 6.07 Å². The highest BCUT2D eigenvalue weighted by atomic mass is 16.3. The molecule has 0 aliphatic heterocycles. The van der Waals surface area contributed by atoms with Crippen molar-refractivity contribution in [2.24, 2.45) is 0 Å². The minimum atomic E-state index is -0.866. The second kappa shape index (κ2) is 5.66. The zero-order chi connectivity index (χ0) is 11.1. The maximum Gasteiger partial charge on any atom is 0.316 e. The lowest BCUT2D eigenvalue weighted by molar-refractivity contribution is -0.136. The monoisotopic (exact) mass is 210 g/mol. The number of hydrogen-bond acceptors (Lipinski definition) is 5. The lowest BCUT2D eigenvalue weighted by Gasteiger charge is -2.02. The average Bonchev–Trinajstić information content (AvgIpc) is 2.27. The smallest absolute Gasteiger partial charge is 0.316 e. The maximum atomic E-state index is 11.1. The van der Waals surface area contributed by atoms with Crippen LogP contribution in [0.1, 0.15) is 0 Å². The van der Waals surface area contributed by atoms with Gasteiger partial charge in [0, 0.05) is 18.9 Å². The lowest BCUT2D eigenvalue weighted by Crippen LogP contribution is -2.37. The number of rotatable bonds is 3. The molecule has 15 heavy (non-hydrogen) atoms. The van der Waals surface area contributed by atoms with E-state index in [0.29, 0.717) is 0 Å². The van der Waals surface area contributed by atoms with Gasteiger partial charge in [-0.1, -0.05) is 0 Å². The average molecular weight is 210 g/mol. The van der Waals surface area contributed by atoms with Gasteiger partial charge in [0.2, 0.25) is 5.95 Å². The first-order valence-electron chi connectivity index (χ1n) is 4.21. The minimum Gasteiger partial charge on any atom is -0.395 e. The third-order valence-electron chi connectivity index (χ3n) is 1.39. The molecule has 0 atom stereocenters. The van der Waals surface area contributed by atoms with Gasteiger partial charge in [0.25, 0.3) is 0 Å². The molecule has 0 unspecified atom stereocenters. The first-order chi connectivity index (χ1) is 7.24. The zero-order valence-electron chi connectivity index (χ0n) is 7.80. The molecule has 1 aromatic heterocycles. The minimum absolute atomic E-state index is 0.0297. The summed E-state index contributed by atoms with van der Waals surface area (Å²) in [6.45, 7) is -0.192. The van der Waals surface area contributed by atoms with E-state index >= 15 is 0 Å². The number of carbonyl (C=O) groups excluding carboxylic acids is 2. The van der Waals surface area contributed by atoms with Crippen LogP contribution >= 0.6 is 0 Å². The van der Waals surface area contributed by atoms with Crippen LogP contribution in [0.4, 0.5) is 5.95 Å². The first kappa shape index (κ1) is 11.1. The summed E-state index contributed by atoms with van der Waals surface area (Å²) in [4.78, 5) is 29.6. The highest BCUT2D eigenvalue weighted by Gasteiger charge is 2.13. The summed E-state index contributed by atoms with van der Waals surface area (Å²) in [5.41, 5.74) is 0. The normalized spacial score (nSPS) is 9.40. The summed E-state index contributed by atoms with van der Waals surface area (Å²) in [5.74, 6) is -1.65. The van der Waals surface area contributed by atoms with Gasteiger partial charge in [-0.25, -0.2) is 9.97 Å². The van der Waals surface area contributed by atoms with Crippen molar-refractivity contribution < 1.29 is 14.7 Å². The Kier molecular flexibility index (Phi) is 4.17. The van der Waals surface area contributed by atoms with Crippen molar-refractivity contribution in [1.82, 2.24) is 15.3 Å². The van der Waals surface area contributed by atoms with Crippen molar-refractivity contribution in [2.45, 2.75) is 0 Å². The summed E-state index contributed by atoms with van der Waals surface area (Å²) < 4.78 is 0. The molecule has 0 spiro atoms. The Morgan fingerprint density at radius 3 is 2.53 bits per heavy atom. The van der Waals surface area contributed by atoms with Crippen LogP contribution in [0.2, 0.25) is 0 Å². The van der Waals surface area contributed by atoms with E-state index in [1.165, 1.54) is 12.4 Å². The molecule has 0 fully saturated rings. The summed E-state index contributed by atoms with van der Waals surface area (Å²) in [6, 6.07) is 1.58. The van der Waals surface area contributed by atoms with E-state index in [2.05, 4.69) is 20.6 Å². The third kappa shape index (κ3) is 3.69. The third-order valence-corrected chi connectivity index (χ3v) is 1.39. The Labute approximate surface area is 85.5 Å². The van der Waals surface area contributed by atoms with Crippen LogP contribution in [0.5, 0.6) is 0 Å². The molecular weight excluding hydrogens is 200 g/mol. The van der Waals surface area contributed by atoms with E-state index in [9.17, 15) is 9.59 Å². The standard InChI is InChI=1S/C8H10N4O3/c13-5-4-9-6(14)7(15)12-8-10-2-1-3-11-8/h1-3,13H,4-5H2,(H,9,14)(H,10,11,12,15). The summed E-state index contributed by atoms with van der Waals surface area (Å²) in [5, 5.41) is 12.8. The molecule has 0 saturated carbocycles. The fraction of sp³-hybridized carbons (Fsp3) is 0.250. The maximum absolute atomic E-state index is 11.1. The number of aromatic nitrogens is 2. The molecule has 1 aromatic rings. The molecule has 1 heterocycles. The van der Waals surface area contributed by atoms with Gasteiger partial charge in [-0.2, -0.15) is 0 Å². The van der Waals surface area contributed by atoms with Crippen molar-refractivity contribution in [3.63, 3.8) is 0 Å². The van der Waals surface area contributed by atoms with E-state index in [-0.39, 0.29) is 19.1 Å². The van der Waals surface area contributed by atoms with Crippen molar-refractivity contribution in [2.75, 3.05) is 18.5 Å². The number of aliphatic hydroxyl groups excluding tert-OH is 1. The molecule has 0 aromatic carbocycles. The Morgan fingerprint density at radius 2 is 1.93 bits per heavy atom. The number of anilines is 1. The Morgan fingerprint density at radius 1 is 1.27 bits per heavy atom. The summed E-state index contributed by atoms with van der Waals surface area (Å²) in [7, 11) is 0. The van der Waals surface area contributed by atoms with E-state index in [0.717, 1.165) is 0 Å². The molecule has 80 valence electrons. The fourth-order valence-corrected chi connectivity index (χ4v) is 0.772. The van der Waals surface area contributed by atoms with Crippen LogP contribution < -0.4 is 10.6 Å². The van der Waals surface area contributed by atoms with Crippen LogP contribution in [0.25, 0.3) is 0 Å². The van der Waals surface area contributed by atoms with Crippen molar-refractivity contribution in [3.05, 3.63) is 18.5 Å². The van der Waals surface area contributed by atoms with Crippen LogP contribution in [-0.2, 0) is 9.59 Å². The highest BCUT2D eigenvalue weighted by Crippen LogP contribution is 1.92. The van der Waals surface area contributed by atoms with Gasteiger partial charge < -0.3 is 10.4 Å².